The molecule has 0 radical (unpaired) electrons. The second-order valence-corrected chi connectivity index (χ2v) is 5.31. The van der Waals surface area contributed by atoms with E-state index < -0.39 is 0 Å². The van der Waals surface area contributed by atoms with Crippen LogP contribution in [0.1, 0.15) is 17.2 Å². The van der Waals surface area contributed by atoms with Gasteiger partial charge in [-0.2, -0.15) is 11.3 Å². The van der Waals surface area contributed by atoms with Crippen molar-refractivity contribution in [3.63, 3.8) is 0 Å². The first kappa shape index (κ1) is 11.8. The van der Waals surface area contributed by atoms with Crippen molar-refractivity contribution < 1.29 is 0 Å². The highest BCUT2D eigenvalue weighted by Crippen LogP contribution is 2.29. The molecule has 0 saturated carbocycles. The third kappa shape index (κ3) is 2.46. The Morgan fingerprint density at radius 1 is 1.11 bits per heavy atom. The summed E-state index contributed by atoms with van der Waals surface area (Å²) < 4.78 is 0. The normalized spacial score (nSPS) is 18.7. The van der Waals surface area contributed by atoms with Crippen LogP contribution in [0.5, 0.6) is 0 Å². The van der Waals surface area contributed by atoms with E-state index in [9.17, 15) is 0 Å². The van der Waals surface area contributed by atoms with Gasteiger partial charge in [0, 0.05) is 38.6 Å². The minimum atomic E-state index is 0.376. The van der Waals surface area contributed by atoms with E-state index in [1.54, 1.807) is 11.3 Å². The summed E-state index contributed by atoms with van der Waals surface area (Å²) >= 11 is 1.77. The molecule has 0 aromatic carbocycles. The molecule has 1 unspecified atom stereocenters. The van der Waals surface area contributed by atoms with E-state index in [-0.39, 0.29) is 0 Å². The topological polar surface area (TPSA) is 28.2 Å². The van der Waals surface area contributed by atoms with Gasteiger partial charge in [-0.05, 0) is 40.1 Å². The van der Waals surface area contributed by atoms with Crippen molar-refractivity contribution in [3.8, 4) is 0 Å². The smallest absolute Gasteiger partial charge is 0.0611 e. The van der Waals surface area contributed by atoms with Gasteiger partial charge >= 0.3 is 0 Å². The first-order chi connectivity index (χ1) is 8.95. The lowest BCUT2D eigenvalue weighted by Crippen LogP contribution is -2.45. The van der Waals surface area contributed by atoms with Crippen LogP contribution >= 0.6 is 11.3 Å². The molecule has 0 amide bonds. The number of nitrogens with zero attached hydrogens (tertiary/aromatic N) is 2. The van der Waals surface area contributed by atoms with E-state index in [1.807, 2.05) is 12.4 Å². The van der Waals surface area contributed by atoms with E-state index in [0.29, 0.717) is 6.04 Å². The summed E-state index contributed by atoms with van der Waals surface area (Å²) in [6.45, 7) is 4.35. The minimum absolute atomic E-state index is 0.376. The highest BCUT2D eigenvalue weighted by atomic mass is 32.1. The van der Waals surface area contributed by atoms with Crippen molar-refractivity contribution >= 4 is 11.3 Å². The Labute approximate surface area is 111 Å². The Morgan fingerprint density at radius 3 is 2.56 bits per heavy atom. The maximum atomic E-state index is 4.13. The lowest BCUT2D eigenvalue weighted by molar-refractivity contribution is 0.198. The van der Waals surface area contributed by atoms with Crippen molar-refractivity contribution in [2.45, 2.75) is 6.04 Å². The molecule has 0 aliphatic carbocycles. The second kappa shape index (κ2) is 5.61. The van der Waals surface area contributed by atoms with Gasteiger partial charge in [0.05, 0.1) is 6.04 Å². The number of hydrogen-bond donors (Lipinski definition) is 1. The molecule has 1 aliphatic rings. The fourth-order valence-corrected chi connectivity index (χ4v) is 3.21. The van der Waals surface area contributed by atoms with Crippen LogP contribution < -0.4 is 5.32 Å². The van der Waals surface area contributed by atoms with Crippen molar-refractivity contribution in [1.82, 2.24) is 15.2 Å². The zero-order valence-electron chi connectivity index (χ0n) is 10.2. The summed E-state index contributed by atoms with van der Waals surface area (Å²) in [5.41, 5.74) is 2.73. The zero-order chi connectivity index (χ0) is 12.2. The SMILES string of the molecule is c1cc(C(c2ccsc2)N2CCNCC2)ccn1. The molecule has 94 valence electrons. The Morgan fingerprint density at radius 2 is 1.89 bits per heavy atom. The minimum Gasteiger partial charge on any atom is -0.314 e. The average Bonchev–Trinajstić information content (AvgIpc) is 2.95. The predicted octanol–water partition coefficient (Wildman–Crippen LogP) is 2.14. The number of rotatable bonds is 3. The van der Waals surface area contributed by atoms with Crippen LogP contribution in [0.25, 0.3) is 0 Å². The zero-order valence-corrected chi connectivity index (χ0v) is 11.1. The van der Waals surface area contributed by atoms with Crippen molar-refractivity contribution in [2.75, 3.05) is 26.2 Å². The lowest BCUT2D eigenvalue weighted by atomic mass is 10.00. The van der Waals surface area contributed by atoms with Gasteiger partial charge in [-0.25, -0.2) is 0 Å². The predicted molar refractivity (Wildman–Crippen MR) is 74.8 cm³/mol. The van der Waals surface area contributed by atoms with Crippen LogP contribution in [0.15, 0.2) is 41.4 Å². The fourth-order valence-electron chi connectivity index (χ4n) is 2.53. The first-order valence-corrected chi connectivity index (χ1v) is 7.26. The van der Waals surface area contributed by atoms with Crippen molar-refractivity contribution in [1.29, 1.82) is 0 Å². The van der Waals surface area contributed by atoms with Gasteiger partial charge in [0.2, 0.25) is 0 Å². The summed E-state index contributed by atoms with van der Waals surface area (Å²) in [6.07, 6.45) is 3.77. The molecule has 3 rings (SSSR count). The Bertz CT molecular complexity index is 463. The van der Waals surface area contributed by atoms with E-state index in [2.05, 4.69) is 44.2 Å². The first-order valence-electron chi connectivity index (χ1n) is 6.32. The van der Waals surface area contributed by atoms with E-state index in [1.165, 1.54) is 11.1 Å². The molecule has 0 bridgehead atoms. The molecule has 3 nitrogen and oxygen atoms in total. The highest BCUT2D eigenvalue weighted by molar-refractivity contribution is 7.08. The molecule has 4 heteroatoms. The van der Waals surface area contributed by atoms with Gasteiger partial charge in [-0.15, -0.1) is 0 Å². The molecule has 1 atom stereocenters. The molecule has 18 heavy (non-hydrogen) atoms. The molecular formula is C14H17N3S. The maximum Gasteiger partial charge on any atom is 0.0611 e. The van der Waals surface area contributed by atoms with Crippen LogP contribution in [0.3, 0.4) is 0 Å². The number of nitrogens with one attached hydrogen (secondary N) is 1. The van der Waals surface area contributed by atoms with Crippen molar-refractivity contribution in [2.24, 2.45) is 0 Å². The molecule has 2 aromatic heterocycles. The summed E-state index contributed by atoms with van der Waals surface area (Å²) in [7, 11) is 0. The van der Waals surface area contributed by atoms with Gasteiger partial charge in [0.25, 0.3) is 0 Å². The third-order valence-electron chi connectivity index (χ3n) is 3.40. The average molecular weight is 259 g/mol. The third-order valence-corrected chi connectivity index (χ3v) is 4.10. The van der Waals surface area contributed by atoms with Crippen LogP contribution in [0.4, 0.5) is 0 Å². The molecule has 3 heterocycles. The van der Waals surface area contributed by atoms with Crippen molar-refractivity contribution in [3.05, 3.63) is 52.5 Å². The van der Waals surface area contributed by atoms with E-state index in [0.717, 1.165) is 26.2 Å². The molecule has 1 N–H and O–H groups in total. The molecule has 1 saturated heterocycles. The van der Waals surface area contributed by atoms with E-state index >= 15 is 0 Å². The number of pyridine rings is 1. The summed E-state index contributed by atoms with van der Waals surface area (Å²) in [5, 5.41) is 7.83. The summed E-state index contributed by atoms with van der Waals surface area (Å²) in [5.74, 6) is 0. The van der Waals surface area contributed by atoms with Gasteiger partial charge in [0.15, 0.2) is 0 Å². The van der Waals surface area contributed by atoms with Gasteiger partial charge < -0.3 is 5.32 Å². The molecule has 0 spiro atoms. The number of thiophene rings is 1. The monoisotopic (exact) mass is 259 g/mol. The highest BCUT2D eigenvalue weighted by Gasteiger charge is 2.23. The number of aromatic nitrogens is 1. The molecule has 1 fully saturated rings. The largest absolute Gasteiger partial charge is 0.314 e. The fraction of sp³-hybridized carbons (Fsp3) is 0.357. The number of piperazine rings is 1. The van der Waals surface area contributed by atoms with Crippen LogP contribution in [0.2, 0.25) is 0 Å². The second-order valence-electron chi connectivity index (χ2n) is 4.53. The summed E-state index contributed by atoms with van der Waals surface area (Å²) in [6, 6.07) is 6.87. The molecule has 2 aromatic rings. The molecule has 1 aliphatic heterocycles. The quantitative estimate of drug-likeness (QED) is 0.915. The standard InChI is InChI=1S/C14H17N3S/c1-4-15-5-2-12(1)14(13-3-10-18-11-13)17-8-6-16-7-9-17/h1-5,10-11,14,16H,6-9H2. The Kier molecular flexibility index (Phi) is 3.69. The summed E-state index contributed by atoms with van der Waals surface area (Å²) in [4.78, 5) is 6.68. The van der Waals surface area contributed by atoms with Gasteiger partial charge in [-0.3, -0.25) is 9.88 Å². The van der Waals surface area contributed by atoms with E-state index in [4.69, 9.17) is 0 Å². The van der Waals surface area contributed by atoms with Crippen LogP contribution in [-0.2, 0) is 0 Å². The maximum absolute atomic E-state index is 4.13. The Hall–Kier alpha value is -1.23. The number of hydrogen-bond acceptors (Lipinski definition) is 4. The lowest BCUT2D eigenvalue weighted by Gasteiger charge is -2.35. The van der Waals surface area contributed by atoms with Gasteiger partial charge in [-0.1, -0.05) is 0 Å². The van der Waals surface area contributed by atoms with Gasteiger partial charge in [0.1, 0.15) is 0 Å². The van der Waals surface area contributed by atoms with Crippen LogP contribution in [-0.4, -0.2) is 36.1 Å². The Balaban J connectivity index is 1.93. The molecular weight excluding hydrogens is 242 g/mol. The van der Waals surface area contributed by atoms with Crippen LogP contribution in [0, 0.1) is 0 Å².